The number of nitrogens with one attached hydrogen (secondary N) is 2. The fourth-order valence-electron chi connectivity index (χ4n) is 2.99. The van der Waals surface area contributed by atoms with Gasteiger partial charge in [0.1, 0.15) is 6.61 Å². The number of anilines is 1. The van der Waals surface area contributed by atoms with E-state index in [9.17, 15) is 4.79 Å². The highest BCUT2D eigenvalue weighted by atomic mass is 16.6. The van der Waals surface area contributed by atoms with Gasteiger partial charge in [0, 0.05) is 17.4 Å². The SMILES string of the molecule is C=CCc1cc(-c2cn[nH]c2)ccc1NC(=O)[C@H]1COc2ccccc2O1. The average Bonchev–Trinajstić information content (AvgIpc) is 3.24. The quantitative estimate of drug-likeness (QED) is 0.681. The highest BCUT2D eigenvalue weighted by Gasteiger charge is 2.27. The van der Waals surface area contributed by atoms with Gasteiger partial charge in [0.2, 0.25) is 6.10 Å². The predicted octanol–water partition coefficient (Wildman–Crippen LogP) is 3.58. The Morgan fingerprint density at radius 1 is 1.26 bits per heavy atom. The van der Waals surface area contributed by atoms with E-state index in [-0.39, 0.29) is 12.5 Å². The van der Waals surface area contributed by atoms with Crippen molar-refractivity contribution in [3.05, 3.63) is 73.1 Å². The lowest BCUT2D eigenvalue weighted by Crippen LogP contribution is -2.40. The van der Waals surface area contributed by atoms with Crippen LogP contribution in [0, 0.1) is 0 Å². The Hall–Kier alpha value is -3.54. The van der Waals surface area contributed by atoms with E-state index in [4.69, 9.17) is 9.47 Å². The van der Waals surface area contributed by atoms with Crippen molar-refractivity contribution < 1.29 is 14.3 Å². The molecule has 0 unspecified atom stereocenters. The van der Waals surface area contributed by atoms with E-state index in [1.807, 2.05) is 42.6 Å². The van der Waals surface area contributed by atoms with Crippen molar-refractivity contribution in [2.75, 3.05) is 11.9 Å². The second-order valence-corrected chi connectivity index (χ2v) is 6.21. The van der Waals surface area contributed by atoms with Gasteiger partial charge < -0.3 is 14.8 Å². The number of fused-ring (bicyclic) bond motifs is 1. The van der Waals surface area contributed by atoms with Crippen LogP contribution in [0.1, 0.15) is 5.56 Å². The van der Waals surface area contributed by atoms with Gasteiger partial charge in [-0.05, 0) is 41.8 Å². The number of aromatic amines is 1. The molecule has 1 aliphatic rings. The molecule has 0 saturated carbocycles. The third kappa shape index (κ3) is 3.55. The molecule has 2 heterocycles. The molecule has 1 aliphatic heterocycles. The Kier molecular flexibility index (Phi) is 4.61. The van der Waals surface area contributed by atoms with Gasteiger partial charge in [-0.25, -0.2) is 0 Å². The minimum absolute atomic E-state index is 0.173. The number of nitrogens with zero attached hydrogens (tertiary/aromatic N) is 1. The number of ether oxygens (including phenoxy) is 2. The summed E-state index contributed by atoms with van der Waals surface area (Å²) in [4.78, 5) is 12.7. The number of hydrogen-bond donors (Lipinski definition) is 2. The molecule has 136 valence electrons. The van der Waals surface area contributed by atoms with Crippen LogP contribution in [0.5, 0.6) is 11.5 Å². The van der Waals surface area contributed by atoms with Crippen LogP contribution >= 0.6 is 0 Å². The molecule has 6 heteroatoms. The maximum absolute atomic E-state index is 12.7. The third-order valence-corrected chi connectivity index (χ3v) is 4.36. The van der Waals surface area contributed by atoms with Crippen molar-refractivity contribution in [3.8, 4) is 22.6 Å². The second-order valence-electron chi connectivity index (χ2n) is 6.21. The fraction of sp³-hybridized carbons (Fsp3) is 0.143. The lowest BCUT2D eigenvalue weighted by atomic mass is 10.0. The first kappa shape index (κ1) is 16.9. The van der Waals surface area contributed by atoms with E-state index in [0.29, 0.717) is 17.9 Å². The number of hydrogen-bond acceptors (Lipinski definition) is 4. The number of amides is 1. The van der Waals surface area contributed by atoms with Crippen LogP contribution in [-0.4, -0.2) is 28.8 Å². The zero-order valence-electron chi connectivity index (χ0n) is 14.6. The van der Waals surface area contributed by atoms with E-state index in [2.05, 4.69) is 22.1 Å². The van der Waals surface area contributed by atoms with Crippen molar-refractivity contribution in [2.45, 2.75) is 12.5 Å². The first-order valence-corrected chi connectivity index (χ1v) is 8.67. The number of carbonyl (C=O) groups excluding carboxylic acids is 1. The number of allylic oxidation sites excluding steroid dienone is 1. The predicted molar refractivity (Wildman–Crippen MR) is 103 cm³/mol. The van der Waals surface area contributed by atoms with Crippen LogP contribution in [0.2, 0.25) is 0 Å². The Morgan fingerprint density at radius 3 is 2.89 bits per heavy atom. The van der Waals surface area contributed by atoms with E-state index in [1.54, 1.807) is 18.3 Å². The van der Waals surface area contributed by atoms with E-state index >= 15 is 0 Å². The molecule has 3 aromatic rings. The zero-order valence-corrected chi connectivity index (χ0v) is 14.6. The van der Waals surface area contributed by atoms with Crippen LogP contribution in [0.4, 0.5) is 5.69 Å². The second kappa shape index (κ2) is 7.37. The Morgan fingerprint density at radius 2 is 2.11 bits per heavy atom. The number of aromatic nitrogens is 2. The highest BCUT2D eigenvalue weighted by Crippen LogP contribution is 2.31. The molecule has 0 bridgehead atoms. The molecule has 1 atom stereocenters. The number of para-hydroxylation sites is 2. The van der Waals surface area contributed by atoms with Gasteiger partial charge in [0.05, 0.1) is 6.20 Å². The van der Waals surface area contributed by atoms with Gasteiger partial charge in [-0.2, -0.15) is 5.10 Å². The minimum Gasteiger partial charge on any atom is -0.485 e. The Balaban J connectivity index is 1.53. The number of H-pyrrole nitrogens is 1. The summed E-state index contributed by atoms with van der Waals surface area (Å²) in [6.07, 6.45) is 5.32. The molecule has 1 aromatic heterocycles. The van der Waals surface area contributed by atoms with Gasteiger partial charge in [-0.15, -0.1) is 6.58 Å². The smallest absolute Gasteiger partial charge is 0.269 e. The first-order valence-electron chi connectivity index (χ1n) is 8.67. The normalized spacial score (nSPS) is 15.2. The fourth-order valence-corrected chi connectivity index (χ4v) is 2.99. The van der Waals surface area contributed by atoms with Crippen molar-refractivity contribution >= 4 is 11.6 Å². The summed E-state index contributed by atoms with van der Waals surface area (Å²) >= 11 is 0. The molecule has 0 spiro atoms. The molecule has 2 N–H and O–H groups in total. The molecular formula is C21H19N3O3. The van der Waals surface area contributed by atoms with Crippen LogP contribution in [0.25, 0.3) is 11.1 Å². The van der Waals surface area contributed by atoms with E-state index in [1.165, 1.54) is 0 Å². The van der Waals surface area contributed by atoms with Crippen LogP contribution in [0.3, 0.4) is 0 Å². The van der Waals surface area contributed by atoms with E-state index < -0.39 is 6.10 Å². The summed E-state index contributed by atoms with van der Waals surface area (Å²) in [6.45, 7) is 3.98. The summed E-state index contributed by atoms with van der Waals surface area (Å²) in [7, 11) is 0. The summed E-state index contributed by atoms with van der Waals surface area (Å²) in [5.41, 5.74) is 3.70. The lowest BCUT2D eigenvalue weighted by Gasteiger charge is -2.26. The monoisotopic (exact) mass is 361 g/mol. The molecule has 2 aromatic carbocycles. The minimum atomic E-state index is -0.704. The summed E-state index contributed by atoms with van der Waals surface area (Å²) < 4.78 is 11.4. The molecule has 0 fully saturated rings. The largest absolute Gasteiger partial charge is 0.485 e. The molecule has 4 rings (SSSR count). The lowest BCUT2D eigenvalue weighted by molar-refractivity contribution is -0.125. The maximum atomic E-state index is 12.7. The summed E-state index contributed by atoms with van der Waals surface area (Å²) in [5.74, 6) is 0.981. The number of benzene rings is 2. The summed E-state index contributed by atoms with van der Waals surface area (Å²) in [5, 5.41) is 9.74. The van der Waals surface area contributed by atoms with Crippen molar-refractivity contribution in [2.24, 2.45) is 0 Å². The number of rotatable bonds is 5. The van der Waals surface area contributed by atoms with E-state index in [0.717, 1.165) is 22.4 Å². The topological polar surface area (TPSA) is 76.2 Å². The summed E-state index contributed by atoms with van der Waals surface area (Å²) in [6, 6.07) is 13.2. The molecular weight excluding hydrogens is 342 g/mol. The molecule has 1 amide bonds. The highest BCUT2D eigenvalue weighted by molar-refractivity contribution is 5.95. The molecule has 6 nitrogen and oxygen atoms in total. The first-order chi connectivity index (χ1) is 13.2. The Bertz CT molecular complexity index is 967. The average molecular weight is 361 g/mol. The zero-order chi connectivity index (χ0) is 18.6. The van der Waals surface area contributed by atoms with Crippen molar-refractivity contribution in [1.82, 2.24) is 10.2 Å². The molecule has 0 radical (unpaired) electrons. The molecule has 27 heavy (non-hydrogen) atoms. The van der Waals surface area contributed by atoms with Gasteiger partial charge in [-0.1, -0.05) is 24.3 Å². The van der Waals surface area contributed by atoms with Crippen LogP contribution < -0.4 is 14.8 Å². The van der Waals surface area contributed by atoms with Gasteiger partial charge in [-0.3, -0.25) is 9.89 Å². The number of carbonyl (C=O) groups is 1. The van der Waals surface area contributed by atoms with Crippen molar-refractivity contribution in [1.29, 1.82) is 0 Å². The third-order valence-electron chi connectivity index (χ3n) is 4.36. The van der Waals surface area contributed by atoms with Crippen LogP contribution in [0.15, 0.2) is 67.5 Å². The Labute approximate surface area is 156 Å². The van der Waals surface area contributed by atoms with Crippen molar-refractivity contribution in [3.63, 3.8) is 0 Å². The molecule has 0 aliphatic carbocycles. The standard InChI is InChI=1S/C21H19N3O3/c1-2-5-15-10-14(16-11-22-23-12-16)8-9-17(15)24-21(25)20-13-26-18-6-3-4-7-19(18)27-20/h2-4,6-12,20H,1,5,13H2,(H,22,23)(H,24,25)/t20-/m1/s1. The maximum Gasteiger partial charge on any atom is 0.269 e. The van der Waals surface area contributed by atoms with Gasteiger partial charge in [0.25, 0.3) is 5.91 Å². The van der Waals surface area contributed by atoms with Gasteiger partial charge >= 0.3 is 0 Å². The molecule has 0 saturated heterocycles. The van der Waals surface area contributed by atoms with Gasteiger partial charge in [0.15, 0.2) is 11.5 Å². The van der Waals surface area contributed by atoms with Crippen LogP contribution in [-0.2, 0) is 11.2 Å².